The number of benzene rings is 1. The van der Waals surface area contributed by atoms with Crippen molar-refractivity contribution in [2.45, 2.75) is 31.7 Å². The number of nitrogens with zero attached hydrogens (tertiary/aromatic N) is 1. The molecule has 2 aliphatic rings. The van der Waals surface area contributed by atoms with E-state index in [2.05, 4.69) is 10.2 Å². The second kappa shape index (κ2) is 6.24. The van der Waals surface area contributed by atoms with Crippen LogP contribution < -0.4 is 16.0 Å². The largest absolute Gasteiger partial charge is 0.371 e. The highest BCUT2D eigenvalue weighted by Crippen LogP contribution is 2.29. The van der Waals surface area contributed by atoms with Crippen LogP contribution in [0.1, 0.15) is 36.0 Å². The van der Waals surface area contributed by atoms with Crippen LogP contribution in [-0.4, -0.2) is 31.6 Å². The van der Waals surface area contributed by atoms with E-state index >= 15 is 0 Å². The minimum atomic E-state index is -0.477. The molecule has 0 unspecified atom stereocenters. The van der Waals surface area contributed by atoms with Crippen LogP contribution in [0.4, 0.5) is 5.69 Å². The van der Waals surface area contributed by atoms with Crippen molar-refractivity contribution in [2.24, 2.45) is 11.7 Å². The van der Waals surface area contributed by atoms with Gasteiger partial charge in [-0.2, -0.15) is 0 Å². The van der Waals surface area contributed by atoms with Crippen molar-refractivity contribution in [3.63, 3.8) is 0 Å². The van der Waals surface area contributed by atoms with Gasteiger partial charge in [0.1, 0.15) is 0 Å². The van der Waals surface area contributed by atoms with E-state index in [0.717, 1.165) is 37.5 Å². The number of piperidine rings is 1. The van der Waals surface area contributed by atoms with Crippen LogP contribution in [0.2, 0.25) is 5.02 Å². The lowest BCUT2D eigenvalue weighted by Gasteiger charge is -2.34. The molecule has 4 nitrogen and oxygen atoms in total. The van der Waals surface area contributed by atoms with E-state index in [1.165, 1.54) is 19.4 Å². The Morgan fingerprint density at radius 1 is 1.29 bits per heavy atom. The highest BCUT2D eigenvalue weighted by atomic mass is 35.5. The highest BCUT2D eigenvalue weighted by molar-refractivity contribution is 6.34. The van der Waals surface area contributed by atoms with Crippen molar-refractivity contribution in [2.75, 3.05) is 24.5 Å². The normalized spacial score (nSPS) is 19.8. The molecule has 0 aromatic heterocycles. The zero-order valence-corrected chi connectivity index (χ0v) is 12.9. The van der Waals surface area contributed by atoms with Crippen molar-refractivity contribution in [1.29, 1.82) is 0 Å². The van der Waals surface area contributed by atoms with E-state index in [0.29, 0.717) is 16.6 Å². The van der Waals surface area contributed by atoms with Crippen LogP contribution in [0.15, 0.2) is 18.2 Å². The Balaban J connectivity index is 1.55. The standard InChI is InChI=1S/C16H22ClN3O/c17-15-9-13(3-4-14(15)16(18)21)20-7-5-12(6-8-20)19-10-11-1-2-11/h3-4,9,11-12,19H,1-2,5-8,10H2,(H2,18,21). The summed E-state index contributed by atoms with van der Waals surface area (Å²) >= 11 is 6.12. The number of primary amides is 1. The molecule has 1 aromatic rings. The molecule has 1 aliphatic carbocycles. The van der Waals surface area contributed by atoms with Gasteiger partial charge in [-0.15, -0.1) is 0 Å². The first-order chi connectivity index (χ1) is 10.1. The third kappa shape index (κ3) is 3.69. The molecule has 0 atom stereocenters. The summed E-state index contributed by atoms with van der Waals surface area (Å²) in [5.74, 6) is 0.456. The number of hydrogen-bond donors (Lipinski definition) is 2. The summed E-state index contributed by atoms with van der Waals surface area (Å²) in [4.78, 5) is 13.5. The Morgan fingerprint density at radius 3 is 2.57 bits per heavy atom. The number of rotatable bonds is 5. The lowest BCUT2D eigenvalue weighted by molar-refractivity contribution is 0.100. The maximum absolute atomic E-state index is 11.2. The molecule has 1 heterocycles. The third-order valence-corrected chi connectivity index (χ3v) is 4.78. The number of anilines is 1. The number of amides is 1. The van der Waals surface area contributed by atoms with Crippen LogP contribution in [0, 0.1) is 5.92 Å². The summed E-state index contributed by atoms with van der Waals surface area (Å²) in [6.45, 7) is 3.23. The van der Waals surface area contributed by atoms with Gasteiger partial charge in [-0.3, -0.25) is 4.79 Å². The van der Waals surface area contributed by atoms with Gasteiger partial charge < -0.3 is 16.0 Å². The molecule has 1 amide bonds. The zero-order valence-electron chi connectivity index (χ0n) is 12.1. The Hall–Kier alpha value is -1.26. The maximum Gasteiger partial charge on any atom is 0.250 e. The van der Waals surface area contributed by atoms with Crippen molar-refractivity contribution in [3.8, 4) is 0 Å². The molecule has 1 aromatic carbocycles. The number of nitrogens with two attached hydrogens (primary N) is 1. The van der Waals surface area contributed by atoms with Crippen LogP contribution in [-0.2, 0) is 0 Å². The van der Waals surface area contributed by atoms with Gasteiger partial charge >= 0.3 is 0 Å². The summed E-state index contributed by atoms with van der Waals surface area (Å²) in [6.07, 6.45) is 5.11. The van der Waals surface area contributed by atoms with Crippen molar-refractivity contribution in [3.05, 3.63) is 28.8 Å². The van der Waals surface area contributed by atoms with Gasteiger partial charge in [-0.25, -0.2) is 0 Å². The number of hydrogen-bond acceptors (Lipinski definition) is 3. The van der Waals surface area contributed by atoms with Crippen LogP contribution in [0.5, 0.6) is 0 Å². The van der Waals surface area contributed by atoms with Gasteiger partial charge in [0.25, 0.3) is 0 Å². The molecule has 0 radical (unpaired) electrons. The molecule has 5 heteroatoms. The molecule has 0 bridgehead atoms. The minimum absolute atomic E-state index is 0.390. The van der Waals surface area contributed by atoms with Crippen LogP contribution in [0.3, 0.4) is 0 Å². The van der Waals surface area contributed by atoms with Gasteiger partial charge in [0.15, 0.2) is 0 Å². The van der Waals surface area contributed by atoms with Crippen molar-refractivity contribution in [1.82, 2.24) is 5.32 Å². The molecule has 114 valence electrons. The molecular formula is C16H22ClN3O. The topological polar surface area (TPSA) is 58.4 Å². The van der Waals surface area contributed by atoms with Gasteiger partial charge in [0, 0.05) is 24.8 Å². The Morgan fingerprint density at radius 2 is 2.00 bits per heavy atom. The number of carbonyl (C=O) groups excluding carboxylic acids is 1. The number of nitrogens with one attached hydrogen (secondary N) is 1. The first kappa shape index (κ1) is 14.7. The van der Waals surface area contributed by atoms with Gasteiger partial charge in [-0.05, 0) is 56.3 Å². The van der Waals surface area contributed by atoms with Crippen molar-refractivity contribution >= 4 is 23.2 Å². The van der Waals surface area contributed by atoms with Crippen LogP contribution in [0.25, 0.3) is 0 Å². The van der Waals surface area contributed by atoms with Gasteiger partial charge in [0.2, 0.25) is 5.91 Å². The molecule has 1 aliphatic heterocycles. The Kier molecular flexibility index (Phi) is 4.36. The van der Waals surface area contributed by atoms with Gasteiger partial charge in [0.05, 0.1) is 10.6 Å². The second-order valence-corrected chi connectivity index (χ2v) is 6.55. The average Bonchev–Trinajstić information content (AvgIpc) is 3.29. The van der Waals surface area contributed by atoms with E-state index < -0.39 is 5.91 Å². The second-order valence-electron chi connectivity index (χ2n) is 6.14. The van der Waals surface area contributed by atoms with E-state index in [4.69, 9.17) is 17.3 Å². The summed E-state index contributed by atoms with van der Waals surface area (Å²) in [6, 6.07) is 6.14. The van der Waals surface area contributed by atoms with E-state index in [-0.39, 0.29) is 0 Å². The van der Waals surface area contributed by atoms with Gasteiger partial charge in [-0.1, -0.05) is 11.6 Å². The monoisotopic (exact) mass is 307 g/mol. The van der Waals surface area contributed by atoms with E-state index in [1.54, 1.807) is 6.07 Å². The Labute approximate surface area is 130 Å². The maximum atomic E-state index is 11.2. The molecule has 1 saturated carbocycles. The summed E-state index contributed by atoms with van der Waals surface area (Å²) in [5, 5.41) is 4.12. The molecule has 3 N–H and O–H groups in total. The molecule has 0 spiro atoms. The predicted molar refractivity (Wildman–Crippen MR) is 85.9 cm³/mol. The minimum Gasteiger partial charge on any atom is -0.371 e. The number of carbonyl (C=O) groups is 1. The highest BCUT2D eigenvalue weighted by Gasteiger charge is 2.24. The SMILES string of the molecule is NC(=O)c1ccc(N2CCC(NCC3CC3)CC2)cc1Cl. The molecule has 1 saturated heterocycles. The Bertz CT molecular complexity index is 522. The average molecular weight is 308 g/mol. The predicted octanol–water partition coefficient (Wildman–Crippen LogP) is 2.41. The van der Waals surface area contributed by atoms with Crippen molar-refractivity contribution < 1.29 is 4.79 Å². The molecule has 3 rings (SSSR count). The zero-order chi connectivity index (χ0) is 14.8. The number of halogens is 1. The van der Waals surface area contributed by atoms with Crippen LogP contribution >= 0.6 is 11.6 Å². The lowest BCUT2D eigenvalue weighted by Crippen LogP contribution is -2.43. The molecule has 2 fully saturated rings. The fourth-order valence-corrected chi connectivity index (χ4v) is 3.17. The molecule has 21 heavy (non-hydrogen) atoms. The lowest BCUT2D eigenvalue weighted by atomic mass is 10.0. The van der Waals surface area contributed by atoms with E-state index in [9.17, 15) is 4.79 Å². The van der Waals surface area contributed by atoms with E-state index in [1.807, 2.05) is 12.1 Å². The summed E-state index contributed by atoms with van der Waals surface area (Å²) in [7, 11) is 0. The third-order valence-electron chi connectivity index (χ3n) is 4.47. The smallest absolute Gasteiger partial charge is 0.250 e. The first-order valence-electron chi connectivity index (χ1n) is 7.71. The molecular weight excluding hydrogens is 286 g/mol. The first-order valence-corrected chi connectivity index (χ1v) is 8.09. The fraction of sp³-hybridized carbons (Fsp3) is 0.562. The quantitative estimate of drug-likeness (QED) is 0.878. The summed E-state index contributed by atoms with van der Waals surface area (Å²) < 4.78 is 0. The fourth-order valence-electron chi connectivity index (χ4n) is 2.90. The summed E-state index contributed by atoms with van der Waals surface area (Å²) in [5.41, 5.74) is 6.74.